The first-order chi connectivity index (χ1) is 37.4. The van der Waals surface area contributed by atoms with Crippen LogP contribution in [0.1, 0.15) is 107 Å². The Morgan fingerprint density at radius 1 is 0.948 bits per heavy atom. The van der Waals surface area contributed by atoms with Crippen LogP contribution < -0.4 is 25.0 Å². The number of aromatic nitrogens is 5. The van der Waals surface area contributed by atoms with E-state index < -0.39 is 17.8 Å². The summed E-state index contributed by atoms with van der Waals surface area (Å²) in [6.07, 6.45) is 8.75. The molecule has 0 radical (unpaired) electrons. The summed E-state index contributed by atoms with van der Waals surface area (Å²) in [5, 5.41) is 24.0. The molecule has 0 aliphatic carbocycles. The van der Waals surface area contributed by atoms with E-state index in [4.69, 9.17) is 28.9 Å². The summed E-state index contributed by atoms with van der Waals surface area (Å²) in [6.45, 7) is 15.2. The summed E-state index contributed by atoms with van der Waals surface area (Å²) in [4.78, 5) is 54.2. The molecular formula is C59H69FN10O6S. The largest absolute Gasteiger partial charge is 0.508 e. The van der Waals surface area contributed by atoms with Crippen LogP contribution in [-0.4, -0.2) is 122 Å². The number of pyridine rings is 1. The number of benzene rings is 3. The van der Waals surface area contributed by atoms with Crippen LogP contribution in [-0.2, 0) is 16.0 Å². The van der Waals surface area contributed by atoms with Crippen molar-refractivity contribution in [2.24, 2.45) is 11.8 Å². The highest BCUT2D eigenvalue weighted by Crippen LogP contribution is 2.40. The van der Waals surface area contributed by atoms with Gasteiger partial charge in [-0.2, -0.15) is 9.97 Å². The van der Waals surface area contributed by atoms with Crippen molar-refractivity contribution < 1.29 is 33.1 Å². The quantitative estimate of drug-likeness (QED) is 0.0738. The Bertz CT molecular complexity index is 3240. The van der Waals surface area contributed by atoms with Gasteiger partial charge in [-0.15, -0.1) is 11.3 Å². The number of hydrogen-bond donors (Lipinski definition) is 3. The third-order valence-electron chi connectivity index (χ3n) is 16.3. The molecule has 11 rings (SSSR count). The smallest absolute Gasteiger partial charge is 0.319 e. The fourth-order valence-corrected chi connectivity index (χ4v) is 13.0. The average Bonchev–Trinajstić information content (AvgIpc) is 4.28. The van der Waals surface area contributed by atoms with Crippen LogP contribution >= 0.6 is 11.3 Å². The molecule has 2 amide bonds. The summed E-state index contributed by atoms with van der Waals surface area (Å²) in [7, 11) is 0. The van der Waals surface area contributed by atoms with E-state index in [1.165, 1.54) is 0 Å². The maximum absolute atomic E-state index is 17.1. The van der Waals surface area contributed by atoms with Gasteiger partial charge >= 0.3 is 6.01 Å². The zero-order valence-corrected chi connectivity index (χ0v) is 45.5. The van der Waals surface area contributed by atoms with Crippen molar-refractivity contribution in [2.45, 2.75) is 116 Å². The van der Waals surface area contributed by atoms with Crippen LogP contribution in [0.4, 0.5) is 10.2 Å². The number of anilines is 1. The number of aromatic hydroxyl groups is 1. The number of phenolic OH excluding ortho intramolecular Hbond substituents is 1. The number of likely N-dealkylation sites (tertiary alicyclic amines) is 2. The van der Waals surface area contributed by atoms with Crippen molar-refractivity contribution in [1.29, 1.82) is 0 Å². The molecule has 0 spiro atoms. The summed E-state index contributed by atoms with van der Waals surface area (Å²) in [5.41, 5.74) is 6.77. The number of carbonyl (C=O) groups is 2. The van der Waals surface area contributed by atoms with Crippen molar-refractivity contribution in [3.8, 4) is 39.3 Å². The Kier molecular flexibility index (Phi) is 15.4. The van der Waals surface area contributed by atoms with Crippen molar-refractivity contribution in [3.05, 3.63) is 101 Å². The molecular weight excluding hydrogens is 996 g/mol. The second kappa shape index (κ2) is 22.7. The normalized spacial score (nSPS) is 19.9. The van der Waals surface area contributed by atoms with Gasteiger partial charge in [-0.3, -0.25) is 19.5 Å². The maximum Gasteiger partial charge on any atom is 0.319 e. The number of fused-ring (bicyclic) bond motifs is 4. The van der Waals surface area contributed by atoms with Crippen LogP contribution in [0.15, 0.2) is 76.9 Å². The van der Waals surface area contributed by atoms with E-state index in [2.05, 4.69) is 49.6 Å². The molecule has 4 aromatic heterocycles. The first kappa shape index (κ1) is 52.3. The number of nitrogens with one attached hydrogen (secondary N) is 2. The van der Waals surface area contributed by atoms with Gasteiger partial charge in [0, 0.05) is 56.1 Å². The SMILES string of the molecule is CCc1cccc2cc(O)cc(-c3ncc4c(N5CC6CCC(C5)N6)nc(OCCN5CCC(CCOc6cc(C(C(=O)N7CCCC7C(=O)NC(C)c7ccc(-c8scnc8C)cc7)C(C)C)on6)CC5)nc4c3F)c12. The lowest BCUT2D eigenvalue weighted by Gasteiger charge is -2.34. The van der Waals surface area contributed by atoms with Crippen LogP contribution in [0, 0.1) is 24.6 Å². The second-order valence-electron chi connectivity index (χ2n) is 21.8. The predicted octanol–water partition coefficient (Wildman–Crippen LogP) is 9.78. The number of nitrogens with zero attached hydrogens (tertiary/aromatic N) is 8. The summed E-state index contributed by atoms with van der Waals surface area (Å²) in [6, 6.07) is 19.1. The van der Waals surface area contributed by atoms with Gasteiger partial charge in [0.15, 0.2) is 11.6 Å². The molecule has 4 aliphatic rings. The Morgan fingerprint density at radius 3 is 2.48 bits per heavy atom. The highest BCUT2D eigenvalue weighted by atomic mass is 32.1. The van der Waals surface area contributed by atoms with Crippen molar-refractivity contribution in [2.75, 3.05) is 57.4 Å². The molecule has 7 aromatic rings. The van der Waals surface area contributed by atoms with Crippen molar-refractivity contribution in [1.82, 2.24) is 45.5 Å². The topological polar surface area (TPSA) is 184 Å². The summed E-state index contributed by atoms with van der Waals surface area (Å²) < 4.78 is 35.3. The van der Waals surface area contributed by atoms with E-state index in [1.54, 1.807) is 40.6 Å². The highest BCUT2D eigenvalue weighted by Gasteiger charge is 2.41. The average molecular weight is 1070 g/mol. The van der Waals surface area contributed by atoms with Crippen molar-refractivity contribution in [3.63, 3.8) is 0 Å². The number of aryl methyl sites for hydroxylation is 2. The number of piperidine rings is 1. The lowest BCUT2D eigenvalue weighted by Crippen LogP contribution is -2.51. The molecule has 5 unspecified atom stereocenters. The standard InChI is InChI=1S/C59H69FN10O6S/c1-6-38-9-7-10-41-27-44(71)28-45(51(38)41)53-52(60)54-46(30-61-53)56(69-31-42-16-17-43(32-69)64-42)66-59(65-54)75-26-24-68-22-18-37(19-23-68)20-25-74-49-29-48(76-67-49)50(34(2)3)58(73)70-21-8-11-47(70)57(72)63-35(4)39-12-14-40(15-13-39)55-36(5)62-33-77-55/h7,9-10,12-15,27-30,33-35,37,42-43,47,50,64,71H,6,8,11,16-26,31-32H2,1-5H3,(H,63,72). The van der Waals surface area contributed by atoms with Gasteiger partial charge in [0.25, 0.3) is 5.88 Å². The van der Waals surface area contributed by atoms with Crippen LogP contribution in [0.2, 0.25) is 0 Å². The maximum atomic E-state index is 17.1. The molecule has 0 saturated carbocycles. The number of phenols is 1. The van der Waals surface area contributed by atoms with Gasteiger partial charge in [-0.05, 0) is 135 Å². The molecule has 3 aromatic carbocycles. The highest BCUT2D eigenvalue weighted by molar-refractivity contribution is 7.13. The van der Waals surface area contributed by atoms with Gasteiger partial charge < -0.3 is 39.5 Å². The Morgan fingerprint density at radius 2 is 1.74 bits per heavy atom. The van der Waals surface area contributed by atoms with Gasteiger partial charge in [0.1, 0.15) is 41.3 Å². The molecule has 5 atom stereocenters. The molecule has 8 heterocycles. The molecule has 4 fully saturated rings. The van der Waals surface area contributed by atoms with E-state index in [9.17, 15) is 14.7 Å². The number of carbonyl (C=O) groups excluding carboxylic acids is 2. The predicted molar refractivity (Wildman–Crippen MR) is 296 cm³/mol. The lowest BCUT2D eigenvalue weighted by molar-refractivity contribution is -0.141. The molecule has 77 heavy (non-hydrogen) atoms. The number of halogens is 1. The van der Waals surface area contributed by atoms with Crippen LogP contribution in [0.25, 0.3) is 43.4 Å². The van der Waals surface area contributed by atoms with E-state index in [-0.39, 0.29) is 46.7 Å². The molecule has 4 saturated heterocycles. The first-order valence-corrected chi connectivity index (χ1v) is 28.4. The first-order valence-electron chi connectivity index (χ1n) is 27.6. The van der Waals surface area contributed by atoms with Crippen molar-refractivity contribution >= 4 is 50.6 Å². The summed E-state index contributed by atoms with van der Waals surface area (Å²) in [5.74, 6) is 0.320. The third-order valence-corrected chi connectivity index (χ3v) is 17.3. The lowest BCUT2D eigenvalue weighted by atomic mass is 9.91. The summed E-state index contributed by atoms with van der Waals surface area (Å²) >= 11 is 1.61. The Balaban J connectivity index is 0.678. The van der Waals surface area contributed by atoms with Crippen LogP contribution in [0.3, 0.4) is 0 Å². The monoisotopic (exact) mass is 1060 g/mol. The molecule has 2 bridgehead atoms. The molecule has 4 aliphatic heterocycles. The number of amides is 2. The zero-order valence-electron chi connectivity index (χ0n) is 44.6. The Hall–Kier alpha value is -6.76. The number of ether oxygens (including phenoxy) is 2. The molecule has 3 N–H and O–H groups in total. The molecule has 404 valence electrons. The van der Waals surface area contributed by atoms with Crippen LogP contribution in [0.5, 0.6) is 17.6 Å². The minimum Gasteiger partial charge on any atom is -0.508 e. The molecule has 18 heteroatoms. The fourth-order valence-electron chi connectivity index (χ4n) is 12.1. The van der Waals surface area contributed by atoms with E-state index >= 15 is 4.39 Å². The minimum atomic E-state index is -0.615. The van der Waals surface area contributed by atoms with Gasteiger partial charge in [-0.25, -0.2) is 9.37 Å². The number of thiazole rings is 1. The number of rotatable bonds is 18. The number of piperazine rings is 1. The minimum absolute atomic E-state index is 0.0406. The zero-order chi connectivity index (χ0) is 53.3. The van der Waals surface area contributed by atoms with Gasteiger partial charge in [0.05, 0.1) is 34.1 Å². The third kappa shape index (κ3) is 11.1. The van der Waals surface area contributed by atoms with E-state index in [0.717, 1.165) is 109 Å². The van der Waals surface area contributed by atoms with Gasteiger partial charge in [0.2, 0.25) is 11.8 Å². The van der Waals surface area contributed by atoms with E-state index in [0.29, 0.717) is 79.1 Å². The second-order valence-corrected chi connectivity index (χ2v) is 22.6. The molecule has 16 nitrogen and oxygen atoms in total. The Labute approximate surface area is 452 Å². The van der Waals surface area contributed by atoms with Gasteiger partial charge in [-0.1, -0.05) is 63.2 Å². The fraction of sp³-hybridized carbons (Fsp3) is 0.475. The van der Waals surface area contributed by atoms with E-state index in [1.807, 2.05) is 63.5 Å². The number of hydrogen-bond acceptors (Lipinski definition) is 15.